The van der Waals surface area contributed by atoms with Gasteiger partial charge in [-0.15, -0.1) is 0 Å². The second-order valence-electron chi connectivity index (χ2n) is 6.44. The summed E-state index contributed by atoms with van der Waals surface area (Å²) in [5.74, 6) is -2.81. The van der Waals surface area contributed by atoms with E-state index < -0.39 is 17.8 Å². The number of carbonyl (C=O) groups is 3. The highest BCUT2D eigenvalue weighted by molar-refractivity contribution is 5.99. The molecule has 6 heteroatoms. The summed E-state index contributed by atoms with van der Waals surface area (Å²) in [6.07, 6.45) is 4.57. The zero-order valence-electron chi connectivity index (χ0n) is 13.6. The quantitative estimate of drug-likeness (QED) is 0.735. The number of aryl methyl sites for hydroxylation is 1. The van der Waals surface area contributed by atoms with Crippen molar-refractivity contribution in [1.82, 2.24) is 5.32 Å². The van der Waals surface area contributed by atoms with Crippen LogP contribution in [0.3, 0.4) is 0 Å². The topological polar surface area (TPSA) is 95.5 Å². The van der Waals surface area contributed by atoms with Crippen LogP contribution in [0.4, 0.5) is 5.69 Å². The minimum Gasteiger partial charge on any atom is -0.481 e. The number of amides is 2. The Morgan fingerprint density at radius 3 is 2.42 bits per heavy atom. The van der Waals surface area contributed by atoms with Gasteiger partial charge in [0.15, 0.2) is 0 Å². The number of allylic oxidation sites excluding steroid dienone is 2. The summed E-state index contributed by atoms with van der Waals surface area (Å²) < 4.78 is 0. The highest BCUT2D eigenvalue weighted by Crippen LogP contribution is 2.48. The molecule has 0 saturated heterocycles. The molecule has 0 aromatic heterocycles. The first kappa shape index (κ1) is 16.2. The molecule has 24 heavy (non-hydrogen) atoms. The first-order chi connectivity index (χ1) is 11.4. The van der Waals surface area contributed by atoms with Crippen LogP contribution in [0, 0.1) is 30.6 Å². The number of carboxylic acids is 1. The van der Waals surface area contributed by atoms with Gasteiger partial charge < -0.3 is 15.7 Å². The monoisotopic (exact) mass is 328 g/mol. The highest BCUT2D eigenvalue weighted by atomic mass is 16.4. The minimum absolute atomic E-state index is 0.0291. The van der Waals surface area contributed by atoms with Crippen LogP contribution in [-0.2, 0) is 9.59 Å². The summed E-state index contributed by atoms with van der Waals surface area (Å²) in [6, 6.07) is 5.06. The van der Waals surface area contributed by atoms with E-state index in [4.69, 9.17) is 0 Å². The van der Waals surface area contributed by atoms with Gasteiger partial charge in [-0.05, 0) is 42.9 Å². The van der Waals surface area contributed by atoms with Crippen molar-refractivity contribution in [2.75, 3.05) is 12.4 Å². The minimum atomic E-state index is -0.928. The molecule has 2 amide bonds. The molecule has 3 rings (SSSR count). The highest BCUT2D eigenvalue weighted by Gasteiger charge is 2.51. The number of benzene rings is 1. The van der Waals surface area contributed by atoms with Gasteiger partial charge in [0.05, 0.1) is 11.8 Å². The van der Waals surface area contributed by atoms with Crippen LogP contribution in [0.1, 0.15) is 22.3 Å². The van der Waals surface area contributed by atoms with Gasteiger partial charge in [-0.1, -0.05) is 18.2 Å². The predicted molar refractivity (Wildman–Crippen MR) is 88.6 cm³/mol. The zero-order chi connectivity index (χ0) is 17.4. The summed E-state index contributed by atoms with van der Waals surface area (Å²) in [6.45, 7) is 1.83. The molecule has 1 aromatic carbocycles. The van der Waals surface area contributed by atoms with Gasteiger partial charge in [-0.25, -0.2) is 0 Å². The van der Waals surface area contributed by atoms with E-state index in [1.165, 1.54) is 0 Å². The molecule has 3 N–H and O–H groups in total. The van der Waals surface area contributed by atoms with Crippen molar-refractivity contribution in [2.24, 2.45) is 23.7 Å². The lowest BCUT2D eigenvalue weighted by Gasteiger charge is -2.24. The maximum absolute atomic E-state index is 12.7. The van der Waals surface area contributed by atoms with Crippen LogP contribution in [0.15, 0.2) is 30.4 Å². The van der Waals surface area contributed by atoms with E-state index in [0.29, 0.717) is 17.7 Å². The molecule has 2 aliphatic rings. The molecule has 0 unspecified atom stereocenters. The van der Waals surface area contributed by atoms with Crippen LogP contribution >= 0.6 is 0 Å². The largest absolute Gasteiger partial charge is 0.481 e. The molecular weight excluding hydrogens is 308 g/mol. The molecule has 0 aliphatic heterocycles. The van der Waals surface area contributed by atoms with E-state index in [-0.39, 0.29) is 23.7 Å². The standard InChI is InChI=1S/C18H20N2O4/c1-9-3-4-12(16(21)19-2)8-13(9)20-17(22)14-10-5-6-11(7-10)15(14)18(23)24/h3-6,8,10-11,14-15H,7H2,1-2H3,(H,19,21)(H,20,22)(H,23,24)/t10-,11-,14-,15+/m0/s1. The molecule has 0 spiro atoms. The third kappa shape index (κ3) is 2.68. The summed E-state index contributed by atoms with van der Waals surface area (Å²) in [7, 11) is 1.54. The van der Waals surface area contributed by atoms with E-state index in [1.54, 1.807) is 25.2 Å². The fourth-order valence-electron chi connectivity index (χ4n) is 3.77. The van der Waals surface area contributed by atoms with E-state index in [2.05, 4.69) is 10.6 Å². The summed E-state index contributed by atoms with van der Waals surface area (Å²) in [5, 5.41) is 14.8. The van der Waals surface area contributed by atoms with Crippen LogP contribution < -0.4 is 10.6 Å². The lowest BCUT2D eigenvalue weighted by atomic mass is 9.82. The van der Waals surface area contributed by atoms with Gasteiger partial charge in [-0.2, -0.15) is 0 Å². The molecular formula is C18H20N2O4. The molecule has 1 aromatic rings. The van der Waals surface area contributed by atoms with E-state index in [0.717, 1.165) is 5.56 Å². The van der Waals surface area contributed by atoms with Crippen molar-refractivity contribution >= 4 is 23.5 Å². The third-order valence-corrected chi connectivity index (χ3v) is 5.03. The molecule has 2 bridgehead atoms. The van der Waals surface area contributed by atoms with Crippen LogP contribution in [0.5, 0.6) is 0 Å². The lowest BCUT2D eigenvalue weighted by Crippen LogP contribution is -2.36. The van der Waals surface area contributed by atoms with Gasteiger partial charge in [0.1, 0.15) is 0 Å². The number of carboxylic acid groups (broad SMARTS) is 1. The average Bonchev–Trinajstić information content (AvgIpc) is 3.17. The Morgan fingerprint density at radius 1 is 1.12 bits per heavy atom. The van der Waals surface area contributed by atoms with Gasteiger partial charge >= 0.3 is 5.97 Å². The Hall–Kier alpha value is -2.63. The summed E-state index contributed by atoms with van der Waals surface area (Å²) >= 11 is 0. The second kappa shape index (κ2) is 6.11. The number of rotatable bonds is 4. The number of hydrogen-bond donors (Lipinski definition) is 3. The number of anilines is 1. The van der Waals surface area contributed by atoms with Crippen LogP contribution in [0.2, 0.25) is 0 Å². The molecule has 1 saturated carbocycles. The van der Waals surface area contributed by atoms with E-state index in [1.807, 2.05) is 19.1 Å². The summed E-state index contributed by atoms with van der Waals surface area (Å²) in [4.78, 5) is 36.0. The maximum Gasteiger partial charge on any atom is 0.307 e. The average molecular weight is 328 g/mol. The smallest absolute Gasteiger partial charge is 0.307 e. The Kier molecular flexibility index (Phi) is 4.13. The Bertz CT molecular complexity index is 741. The van der Waals surface area contributed by atoms with Crippen molar-refractivity contribution < 1.29 is 19.5 Å². The molecule has 6 nitrogen and oxygen atoms in total. The zero-order valence-corrected chi connectivity index (χ0v) is 13.6. The number of hydrogen-bond acceptors (Lipinski definition) is 3. The Balaban J connectivity index is 1.83. The number of fused-ring (bicyclic) bond motifs is 2. The Labute approximate surface area is 139 Å². The normalized spacial score (nSPS) is 27.1. The van der Waals surface area contributed by atoms with E-state index >= 15 is 0 Å². The molecule has 0 heterocycles. The Morgan fingerprint density at radius 2 is 1.79 bits per heavy atom. The third-order valence-electron chi connectivity index (χ3n) is 5.03. The fraction of sp³-hybridized carbons (Fsp3) is 0.389. The number of aliphatic carboxylic acids is 1. The van der Waals surface area contributed by atoms with Crippen LogP contribution in [0.25, 0.3) is 0 Å². The summed E-state index contributed by atoms with van der Waals surface area (Å²) in [5.41, 5.74) is 1.81. The van der Waals surface area contributed by atoms with Gasteiger partial charge in [0, 0.05) is 18.3 Å². The first-order valence-electron chi connectivity index (χ1n) is 7.97. The van der Waals surface area contributed by atoms with Gasteiger partial charge in [0.2, 0.25) is 5.91 Å². The predicted octanol–water partition coefficient (Wildman–Crippen LogP) is 1.82. The first-order valence-corrected chi connectivity index (χ1v) is 7.97. The SMILES string of the molecule is CNC(=O)c1ccc(C)c(NC(=O)[C@@H]2[C@H](C(=O)O)[C@H]3C=C[C@H]2C3)c1. The van der Waals surface area contributed by atoms with Crippen molar-refractivity contribution in [3.05, 3.63) is 41.5 Å². The lowest BCUT2D eigenvalue weighted by molar-refractivity contribution is -0.146. The molecule has 4 atom stereocenters. The van der Waals surface area contributed by atoms with Gasteiger partial charge in [-0.3, -0.25) is 14.4 Å². The molecule has 2 aliphatic carbocycles. The number of carbonyl (C=O) groups excluding carboxylic acids is 2. The van der Waals surface area contributed by atoms with Crippen molar-refractivity contribution in [1.29, 1.82) is 0 Å². The van der Waals surface area contributed by atoms with E-state index in [9.17, 15) is 19.5 Å². The molecule has 0 radical (unpaired) electrons. The van der Waals surface area contributed by atoms with Crippen molar-refractivity contribution in [3.8, 4) is 0 Å². The van der Waals surface area contributed by atoms with Crippen molar-refractivity contribution in [3.63, 3.8) is 0 Å². The van der Waals surface area contributed by atoms with Crippen LogP contribution in [-0.4, -0.2) is 29.9 Å². The van der Waals surface area contributed by atoms with Crippen molar-refractivity contribution in [2.45, 2.75) is 13.3 Å². The van der Waals surface area contributed by atoms with Gasteiger partial charge in [0.25, 0.3) is 5.91 Å². The number of nitrogens with one attached hydrogen (secondary N) is 2. The second-order valence-corrected chi connectivity index (χ2v) is 6.44. The molecule has 1 fully saturated rings. The molecule has 126 valence electrons. The maximum atomic E-state index is 12.7. The fourth-order valence-corrected chi connectivity index (χ4v) is 3.77.